The van der Waals surface area contributed by atoms with E-state index in [2.05, 4.69) is 4.40 Å². The molecule has 1 aromatic rings. The van der Waals surface area contributed by atoms with E-state index in [4.69, 9.17) is 0 Å². The third-order valence-corrected chi connectivity index (χ3v) is 7.38. The van der Waals surface area contributed by atoms with Gasteiger partial charge in [0.1, 0.15) is 0 Å². The zero-order valence-corrected chi connectivity index (χ0v) is 17.5. The van der Waals surface area contributed by atoms with Crippen molar-refractivity contribution in [3.8, 4) is 0 Å². The van der Waals surface area contributed by atoms with Gasteiger partial charge in [0, 0.05) is 29.4 Å². The Kier molecular flexibility index (Phi) is 5.21. The van der Waals surface area contributed by atoms with E-state index in [-0.39, 0.29) is 41.2 Å². The van der Waals surface area contributed by atoms with Gasteiger partial charge in [0.25, 0.3) is 15.9 Å². The summed E-state index contributed by atoms with van der Waals surface area (Å²) in [7, 11) is -3.70. The van der Waals surface area contributed by atoms with E-state index < -0.39 is 27.7 Å². The van der Waals surface area contributed by atoms with Crippen LogP contribution in [0.4, 0.5) is 18.9 Å². The van der Waals surface area contributed by atoms with Gasteiger partial charge in [0.15, 0.2) is 5.84 Å². The maximum absolute atomic E-state index is 13.4. The van der Waals surface area contributed by atoms with Crippen molar-refractivity contribution in [2.75, 3.05) is 23.7 Å². The summed E-state index contributed by atoms with van der Waals surface area (Å²) < 4.78 is 67.6. The molecule has 0 aliphatic carbocycles. The first kappa shape index (κ1) is 21.0. The predicted octanol–water partition coefficient (Wildman–Crippen LogP) is 3.42. The predicted molar refractivity (Wildman–Crippen MR) is 109 cm³/mol. The van der Waals surface area contributed by atoms with Crippen molar-refractivity contribution in [3.63, 3.8) is 0 Å². The molecule has 1 atom stereocenters. The van der Waals surface area contributed by atoms with Crippen molar-refractivity contribution in [1.82, 2.24) is 4.90 Å². The van der Waals surface area contributed by atoms with Gasteiger partial charge in [-0.05, 0) is 36.8 Å². The van der Waals surface area contributed by atoms with Gasteiger partial charge in [0.2, 0.25) is 0 Å². The van der Waals surface area contributed by atoms with Crippen LogP contribution in [0.1, 0.15) is 18.9 Å². The summed E-state index contributed by atoms with van der Waals surface area (Å²) in [5, 5.41) is 0.0995. The van der Waals surface area contributed by atoms with E-state index in [1.807, 2.05) is 6.92 Å². The molecule has 0 fully saturated rings. The van der Waals surface area contributed by atoms with Crippen LogP contribution >= 0.6 is 11.8 Å². The summed E-state index contributed by atoms with van der Waals surface area (Å²) in [5.74, 6) is -0.736. The Hall–Kier alpha value is -2.27. The van der Waals surface area contributed by atoms with Crippen LogP contribution in [0, 0.1) is 0 Å². The van der Waals surface area contributed by atoms with Gasteiger partial charge in [-0.1, -0.05) is 6.92 Å². The maximum Gasteiger partial charge on any atom is 0.416 e. The van der Waals surface area contributed by atoms with Gasteiger partial charge < -0.3 is 9.80 Å². The molecule has 160 valence electrons. The minimum Gasteiger partial charge on any atom is -0.331 e. The number of nitrogens with zero attached hydrogens (tertiary/aromatic N) is 3. The molecule has 3 aliphatic rings. The van der Waals surface area contributed by atoms with Crippen LogP contribution < -0.4 is 4.90 Å². The molecule has 4 rings (SSSR count). The summed E-state index contributed by atoms with van der Waals surface area (Å²) in [6.07, 6.45) is 0.710. The number of thioether (sulfide) groups is 1. The Morgan fingerprint density at radius 3 is 2.77 bits per heavy atom. The smallest absolute Gasteiger partial charge is 0.331 e. The number of allylic oxidation sites excluding steroid dienone is 2. The molecular formula is C19H18F3N3O3S2. The van der Waals surface area contributed by atoms with E-state index in [9.17, 15) is 26.4 Å². The molecule has 0 radical (unpaired) electrons. The number of benzene rings is 1. The monoisotopic (exact) mass is 457 g/mol. The second kappa shape index (κ2) is 7.45. The summed E-state index contributed by atoms with van der Waals surface area (Å²) in [4.78, 5) is 16.9. The van der Waals surface area contributed by atoms with Crippen molar-refractivity contribution in [2.45, 2.75) is 29.7 Å². The molecule has 0 N–H and O–H groups in total. The number of halogens is 3. The fourth-order valence-corrected chi connectivity index (χ4v) is 5.53. The number of anilines is 1. The lowest BCUT2D eigenvalue weighted by Gasteiger charge is -2.31. The van der Waals surface area contributed by atoms with E-state index in [1.165, 1.54) is 28.8 Å². The van der Waals surface area contributed by atoms with Gasteiger partial charge in [-0.15, -0.1) is 16.2 Å². The van der Waals surface area contributed by atoms with E-state index in [0.29, 0.717) is 11.3 Å². The van der Waals surface area contributed by atoms with Gasteiger partial charge in [0.05, 0.1) is 22.6 Å². The highest BCUT2D eigenvalue weighted by Crippen LogP contribution is 2.41. The fraction of sp³-hybridized carbons (Fsp3) is 0.368. The molecule has 0 saturated heterocycles. The number of sulfonamides is 1. The molecule has 30 heavy (non-hydrogen) atoms. The Balaban J connectivity index is 1.79. The molecule has 11 heteroatoms. The highest BCUT2D eigenvalue weighted by molar-refractivity contribution is 8.00. The van der Waals surface area contributed by atoms with Crippen LogP contribution in [0.3, 0.4) is 0 Å². The van der Waals surface area contributed by atoms with Gasteiger partial charge >= 0.3 is 6.18 Å². The average molecular weight is 457 g/mol. The second-order valence-electron chi connectivity index (χ2n) is 7.17. The van der Waals surface area contributed by atoms with Crippen LogP contribution in [0.5, 0.6) is 0 Å². The van der Waals surface area contributed by atoms with Crippen LogP contribution in [0.25, 0.3) is 0 Å². The third-order valence-electron chi connectivity index (χ3n) is 5.00. The lowest BCUT2D eigenvalue weighted by Crippen LogP contribution is -2.44. The number of fused-ring (bicyclic) bond motifs is 2. The topological polar surface area (TPSA) is 70.1 Å². The number of carbonyl (C=O) groups excluding carboxylic acids is 1. The lowest BCUT2D eigenvalue weighted by molar-refractivity contribution is -0.137. The first-order chi connectivity index (χ1) is 14.0. The molecule has 1 amide bonds. The number of hydrogen-bond donors (Lipinski definition) is 0. The van der Waals surface area contributed by atoms with E-state index in [0.717, 1.165) is 12.1 Å². The highest BCUT2D eigenvalue weighted by Gasteiger charge is 2.36. The first-order valence-electron chi connectivity index (χ1n) is 9.23. The van der Waals surface area contributed by atoms with Crippen LogP contribution in [-0.2, 0) is 21.0 Å². The molecule has 1 aromatic carbocycles. The van der Waals surface area contributed by atoms with E-state index in [1.54, 1.807) is 17.2 Å². The summed E-state index contributed by atoms with van der Waals surface area (Å²) in [6.45, 7) is 2.31. The Labute approximate surface area is 176 Å². The number of alkyl halides is 3. The highest BCUT2D eigenvalue weighted by atomic mass is 32.2. The second-order valence-corrected chi connectivity index (χ2v) is 10.4. The summed E-state index contributed by atoms with van der Waals surface area (Å²) in [5.41, 5.74) is -0.625. The molecule has 0 bridgehead atoms. The SMILES string of the molecule is CC1CCN(C(=O)C2=CC=CN3CCS(=O)(=O)N=C23)c2cc(C(F)(F)F)ccc2S1. The lowest BCUT2D eigenvalue weighted by atomic mass is 10.1. The maximum atomic E-state index is 13.4. The van der Waals surface area contributed by atoms with Crippen molar-refractivity contribution in [2.24, 2.45) is 4.40 Å². The van der Waals surface area contributed by atoms with Crippen LogP contribution in [0.2, 0.25) is 0 Å². The minimum absolute atomic E-state index is 0.00669. The average Bonchev–Trinajstić information content (AvgIpc) is 2.83. The Morgan fingerprint density at radius 1 is 1.27 bits per heavy atom. The molecule has 0 spiro atoms. The van der Waals surface area contributed by atoms with Crippen molar-refractivity contribution >= 4 is 39.2 Å². The number of amides is 1. The molecule has 3 aliphatic heterocycles. The molecule has 3 heterocycles. The number of carbonyl (C=O) groups is 1. The number of rotatable bonds is 1. The van der Waals surface area contributed by atoms with Gasteiger partial charge in [-0.2, -0.15) is 13.2 Å². The molecule has 6 nitrogen and oxygen atoms in total. The standard InChI is InChI=1S/C19H18F3N3O3S2/c1-12-6-8-25(15-11-13(19(20,21)22)4-5-16(15)29-12)18(26)14-3-2-7-24-9-10-30(27,28)23-17(14)24/h2-5,7,11-12H,6,8-10H2,1H3. The first-order valence-corrected chi connectivity index (χ1v) is 11.7. The van der Waals surface area contributed by atoms with Gasteiger partial charge in [-0.3, -0.25) is 4.79 Å². The zero-order valence-electron chi connectivity index (χ0n) is 15.9. The quantitative estimate of drug-likeness (QED) is 0.646. The molecule has 0 aromatic heterocycles. The van der Waals surface area contributed by atoms with E-state index >= 15 is 0 Å². The van der Waals surface area contributed by atoms with Crippen LogP contribution in [0.15, 0.2) is 51.4 Å². The van der Waals surface area contributed by atoms with Crippen LogP contribution in [-0.4, -0.2) is 49.2 Å². The Bertz CT molecular complexity index is 1090. The Morgan fingerprint density at radius 2 is 2.03 bits per heavy atom. The summed E-state index contributed by atoms with van der Waals surface area (Å²) in [6, 6.07) is 3.37. The van der Waals surface area contributed by atoms with Gasteiger partial charge in [-0.25, -0.2) is 8.42 Å². The fourth-order valence-electron chi connectivity index (χ4n) is 3.45. The van der Waals surface area contributed by atoms with Crippen molar-refractivity contribution < 1.29 is 26.4 Å². The number of hydrogen-bond acceptors (Lipinski definition) is 5. The molecule has 1 unspecified atom stereocenters. The minimum atomic E-state index is -4.54. The van der Waals surface area contributed by atoms with Crippen molar-refractivity contribution in [3.05, 3.63) is 47.7 Å². The molecule has 0 saturated carbocycles. The normalized spacial score (nSPS) is 23.1. The summed E-state index contributed by atoms with van der Waals surface area (Å²) >= 11 is 1.41. The zero-order chi connectivity index (χ0) is 21.7. The van der Waals surface area contributed by atoms with Crippen molar-refractivity contribution in [1.29, 1.82) is 0 Å². The number of amidine groups is 1. The largest absolute Gasteiger partial charge is 0.416 e. The third kappa shape index (κ3) is 4.00. The molecular weight excluding hydrogens is 439 g/mol.